The maximum absolute atomic E-state index is 12.7. The highest BCUT2D eigenvalue weighted by atomic mass is 19.4. The Labute approximate surface area is 107 Å². The molecule has 19 heavy (non-hydrogen) atoms. The quantitative estimate of drug-likeness (QED) is 0.647. The van der Waals surface area contributed by atoms with Crippen LogP contribution in [-0.2, 0) is 6.18 Å². The fraction of sp³-hybridized carbons (Fsp3) is 0.0714. The van der Waals surface area contributed by atoms with Crippen molar-refractivity contribution in [2.75, 3.05) is 0 Å². The van der Waals surface area contributed by atoms with Crippen molar-refractivity contribution in [1.29, 1.82) is 0 Å². The lowest BCUT2D eigenvalue weighted by molar-refractivity contribution is -0.137. The third kappa shape index (κ3) is 2.07. The van der Waals surface area contributed by atoms with E-state index in [0.717, 1.165) is 23.2 Å². The molecule has 2 aromatic carbocycles. The first-order valence-electron chi connectivity index (χ1n) is 5.65. The van der Waals surface area contributed by atoms with Crippen molar-refractivity contribution in [2.45, 2.75) is 6.18 Å². The molecule has 0 aliphatic carbocycles. The number of hydrogen-bond donors (Lipinski definition) is 0. The molecule has 0 radical (unpaired) electrons. The van der Waals surface area contributed by atoms with E-state index in [1.54, 1.807) is 10.6 Å². The number of halogens is 3. The summed E-state index contributed by atoms with van der Waals surface area (Å²) in [7, 11) is 0. The Morgan fingerprint density at radius 1 is 0.947 bits per heavy atom. The topological polar surface area (TPSA) is 17.8 Å². The van der Waals surface area contributed by atoms with Gasteiger partial charge in [0.2, 0.25) is 0 Å². The van der Waals surface area contributed by atoms with E-state index in [1.807, 2.05) is 24.3 Å². The van der Waals surface area contributed by atoms with Crippen LogP contribution in [0.4, 0.5) is 13.2 Å². The third-order valence-corrected chi connectivity index (χ3v) is 2.91. The van der Waals surface area contributed by atoms with E-state index >= 15 is 0 Å². The normalized spacial score (nSPS) is 11.9. The van der Waals surface area contributed by atoms with Gasteiger partial charge >= 0.3 is 6.18 Å². The molecule has 0 spiro atoms. The van der Waals surface area contributed by atoms with Gasteiger partial charge in [0, 0.05) is 5.69 Å². The van der Waals surface area contributed by atoms with Crippen LogP contribution < -0.4 is 0 Å². The first kappa shape index (κ1) is 11.8. The van der Waals surface area contributed by atoms with Crippen molar-refractivity contribution in [3.63, 3.8) is 0 Å². The molecular formula is C14H9F3N2. The second-order valence-corrected chi connectivity index (χ2v) is 4.15. The zero-order valence-electron chi connectivity index (χ0n) is 9.72. The molecule has 0 unspecified atom stereocenters. The summed E-state index contributed by atoms with van der Waals surface area (Å²) in [5.41, 5.74) is 1.31. The molecule has 1 heterocycles. The lowest BCUT2D eigenvalue weighted by atomic mass is 10.2. The molecule has 2 nitrogen and oxygen atoms in total. The second-order valence-electron chi connectivity index (χ2n) is 4.15. The van der Waals surface area contributed by atoms with Crippen LogP contribution in [0.25, 0.3) is 16.7 Å². The van der Waals surface area contributed by atoms with Gasteiger partial charge in [-0.25, -0.2) is 4.98 Å². The molecule has 0 aliphatic heterocycles. The summed E-state index contributed by atoms with van der Waals surface area (Å²) < 4.78 is 39.7. The number of fused-ring (bicyclic) bond motifs is 1. The summed E-state index contributed by atoms with van der Waals surface area (Å²) in [6.45, 7) is 0. The Hall–Kier alpha value is -2.30. The SMILES string of the molecule is FC(F)(F)c1cccc(-n2cnc3ccccc32)c1. The van der Waals surface area contributed by atoms with Gasteiger partial charge in [-0.05, 0) is 30.3 Å². The second kappa shape index (κ2) is 4.12. The van der Waals surface area contributed by atoms with E-state index in [1.165, 1.54) is 12.4 Å². The third-order valence-electron chi connectivity index (χ3n) is 2.91. The highest BCUT2D eigenvalue weighted by Crippen LogP contribution is 2.30. The predicted octanol–water partition coefficient (Wildman–Crippen LogP) is 4.04. The van der Waals surface area contributed by atoms with Crippen molar-refractivity contribution >= 4 is 11.0 Å². The van der Waals surface area contributed by atoms with E-state index in [4.69, 9.17) is 0 Å². The first-order valence-corrected chi connectivity index (χ1v) is 5.65. The summed E-state index contributed by atoms with van der Waals surface area (Å²) >= 11 is 0. The van der Waals surface area contributed by atoms with Crippen LogP contribution in [0.3, 0.4) is 0 Å². The Morgan fingerprint density at radius 3 is 2.53 bits per heavy atom. The lowest BCUT2D eigenvalue weighted by Gasteiger charge is -2.09. The summed E-state index contributed by atoms with van der Waals surface area (Å²) in [5.74, 6) is 0. The molecule has 0 saturated carbocycles. The van der Waals surface area contributed by atoms with Crippen LogP contribution >= 0.6 is 0 Å². The number of nitrogens with zero attached hydrogens (tertiary/aromatic N) is 2. The highest BCUT2D eigenvalue weighted by molar-refractivity contribution is 5.77. The highest BCUT2D eigenvalue weighted by Gasteiger charge is 2.30. The van der Waals surface area contributed by atoms with E-state index in [2.05, 4.69) is 4.98 Å². The average molecular weight is 262 g/mol. The van der Waals surface area contributed by atoms with Crippen molar-refractivity contribution in [2.24, 2.45) is 0 Å². The Morgan fingerprint density at radius 2 is 1.74 bits per heavy atom. The molecule has 3 rings (SSSR count). The van der Waals surface area contributed by atoms with Crippen molar-refractivity contribution in [3.05, 3.63) is 60.4 Å². The monoisotopic (exact) mass is 262 g/mol. The summed E-state index contributed by atoms with van der Waals surface area (Å²) in [5, 5.41) is 0. The number of para-hydroxylation sites is 2. The number of imidazole rings is 1. The molecule has 0 fully saturated rings. The van der Waals surface area contributed by atoms with Crippen molar-refractivity contribution in [3.8, 4) is 5.69 Å². The van der Waals surface area contributed by atoms with Crippen LogP contribution in [-0.4, -0.2) is 9.55 Å². The Bertz CT molecular complexity index is 729. The predicted molar refractivity (Wildman–Crippen MR) is 66.1 cm³/mol. The van der Waals surface area contributed by atoms with Gasteiger partial charge in [0.25, 0.3) is 0 Å². The van der Waals surface area contributed by atoms with Crippen LogP contribution in [0.1, 0.15) is 5.56 Å². The fourth-order valence-electron chi connectivity index (χ4n) is 2.00. The average Bonchev–Trinajstić information content (AvgIpc) is 2.82. The van der Waals surface area contributed by atoms with Gasteiger partial charge in [-0.15, -0.1) is 0 Å². The van der Waals surface area contributed by atoms with E-state index in [9.17, 15) is 13.2 Å². The molecular weight excluding hydrogens is 253 g/mol. The minimum atomic E-state index is -4.34. The van der Waals surface area contributed by atoms with E-state index in [0.29, 0.717) is 5.69 Å². The van der Waals surface area contributed by atoms with Gasteiger partial charge < -0.3 is 0 Å². The van der Waals surface area contributed by atoms with Gasteiger partial charge in [-0.1, -0.05) is 18.2 Å². The van der Waals surface area contributed by atoms with Gasteiger partial charge in [0.15, 0.2) is 0 Å². The molecule has 0 saturated heterocycles. The molecule has 0 aliphatic rings. The maximum atomic E-state index is 12.7. The molecule has 1 aromatic heterocycles. The number of benzene rings is 2. The fourth-order valence-corrected chi connectivity index (χ4v) is 2.00. The van der Waals surface area contributed by atoms with Crippen molar-refractivity contribution < 1.29 is 13.2 Å². The van der Waals surface area contributed by atoms with E-state index in [-0.39, 0.29) is 0 Å². The molecule has 5 heteroatoms. The zero-order chi connectivity index (χ0) is 13.5. The lowest BCUT2D eigenvalue weighted by Crippen LogP contribution is -2.05. The van der Waals surface area contributed by atoms with Crippen LogP contribution in [0.5, 0.6) is 0 Å². The smallest absolute Gasteiger partial charge is 0.299 e. The number of aromatic nitrogens is 2. The van der Waals surface area contributed by atoms with Gasteiger partial charge in [0.05, 0.1) is 16.6 Å². The summed E-state index contributed by atoms with van der Waals surface area (Å²) in [6.07, 6.45) is -2.81. The van der Waals surface area contributed by atoms with Gasteiger partial charge in [-0.3, -0.25) is 4.57 Å². The number of hydrogen-bond acceptors (Lipinski definition) is 1. The van der Waals surface area contributed by atoms with Crippen LogP contribution in [0.2, 0.25) is 0 Å². The van der Waals surface area contributed by atoms with Crippen molar-refractivity contribution in [1.82, 2.24) is 9.55 Å². The molecule has 0 atom stereocenters. The zero-order valence-corrected chi connectivity index (χ0v) is 9.72. The summed E-state index contributed by atoms with van der Waals surface area (Å²) in [6, 6.07) is 12.5. The van der Waals surface area contributed by atoms with Crippen LogP contribution in [0, 0.1) is 0 Å². The first-order chi connectivity index (χ1) is 9.05. The largest absolute Gasteiger partial charge is 0.416 e. The minimum absolute atomic E-state index is 0.448. The van der Waals surface area contributed by atoms with E-state index < -0.39 is 11.7 Å². The van der Waals surface area contributed by atoms with Crippen LogP contribution in [0.15, 0.2) is 54.9 Å². The molecule has 96 valence electrons. The number of rotatable bonds is 1. The van der Waals surface area contributed by atoms with Gasteiger partial charge in [-0.2, -0.15) is 13.2 Å². The van der Waals surface area contributed by atoms with Gasteiger partial charge in [0.1, 0.15) is 6.33 Å². The Kier molecular flexibility index (Phi) is 2.55. The minimum Gasteiger partial charge on any atom is -0.299 e. The standard InChI is InChI=1S/C14H9F3N2/c15-14(16,17)10-4-3-5-11(8-10)19-9-18-12-6-1-2-7-13(12)19/h1-9H. The maximum Gasteiger partial charge on any atom is 0.416 e. The number of alkyl halides is 3. The molecule has 3 aromatic rings. The molecule has 0 bridgehead atoms. The Balaban J connectivity index is 2.17. The molecule has 0 amide bonds. The molecule has 0 N–H and O–H groups in total. The summed E-state index contributed by atoms with van der Waals surface area (Å²) in [4.78, 5) is 4.17.